The zero-order valence-corrected chi connectivity index (χ0v) is 12.0. The Balaban J connectivity index is 1.79. The third-order valence-electron chi connectivity index (χ3n) is 3.55. The highest BCUT2D eigenvalue weighted by atomic mass is 16.5. The Hall–Kier alpha value is -1.75. The van der Waals surface area contributed by atoms with Gasteiger partial charge in [-0.3, -0.25) is 0 Å². The molecule has 110 valence electrons. The molecule has 2 amide bonds. The molecule has 1 aliphatic heterocycles. The van der Waals surface area contributed by atoms with Crippen LogP contribution in [0, 0.1) is 0 Å². The molecule has 0 unspecified atom stereocenters. The van der Waals surface area contributed by atoms with Crippen LogP contribution in [-0.4, -0.2) is 45.4 Å². The Kier molecular flexibility index (Phi) is 5.68. The van der Waals surface area contributed by atoms with Crippen LogP contribution in [-0.2, 0) is 4.74 Å². The van der Waals surface area contributed by atoms with Crippen molar-refractivity contribution in [2.45, 2.75) is 18.9 Å². The SMILES string of the molecule is COCCNC(=O)NC[C@@H]1CCCN1c1ccccc1. The van der Waals surface area contributed by atoms with Crippen molar-refractivity contribution in [3.63, 3.8) is 0 Å². The first-order valence-corrected chi connectivity index (χ1v) is 7.13. The Morgan fingerprint density at radius 3 is 2.90 bits per heavy atom. The first kappa shape index (κ1) is 14.7. The summed E-state index contributed by atoms with van der Waals surface area (Å²) in [5, 5.41) is 5.70. The maximum Gasteiger partial charge on any atom is 0.314 e. The van der Waals surface area contributed by atoms with Gasteiger partial charge in [-0.15, -0.1) is 0 Å². The zero-order chi connectivity index (χ0) is 14.2. The normalized spacial score (nSPS) is 18.1. The fraction of sp³-hybridized carbons (Fsp3) is 0.533. The molecule has 0 radical (unpaired) electrons. The van der Waals surface area contributed by atoms with Crippen molar-refractivity contribution in [2.75, 3.05) is 38.3 Å². The first-order chi connectivity index (χ1) is 9.81. The molecule has 2 rings (SSSR count). The summed E-state index contributed by atoms with van der Waals surface area (Å²) in [6.07, 6.45) is 2.29. The van der Waals surface area contributed by atoms with Crippen molar-refractivity contribution < 1.29 is 9.53 Å². The minimum Gasteiger partial charge on any atom is -0.383 e. The fourth-order valence-electron chi connectivity index (χ4n) is 2.55. The van der Waals surface area contributed by atoms with Crippen LogP contribution in [0.2, 0.25) is 0 Å². The Morgan fingerprint density at radius 2 is 2.15 bits per heavy atom. The molecule has 5 heteroatoms. The lowest BCUT2D eigenvalue weighted by Crippen LogP contribution is -2.44. The van der Waals surface area contributed by atoms with Gasteiger partial charge in [0.25, 0.3) is 0 Å². The van der Waals surface area contributed by atoms with Crippen molar-refractivity contribution >= 4 is 11.7 Å². The van der Waals surface area contributed by atoms with E-state index < -0.39 is 0 Å². The number of rotatable bonds is 6. The summed E-state index contributed by atoms with van der Waals surface area (Å²) >= 11 is 0. The Morgan fingerprint density at radius 1 is 1.35 bits per heavy atom. The predicted octanol–water partition coefficient (Wildman–Crippen LogP) is 1.60. The number of carbonyl (C=O) groups excluding carboxylic acids is 1. The van der Waals surface area contributed by atoms with E-state index in [1.807, 2.05) is 6.07 Å². The van der Waals surface area contributed by atoms with Gasteiger partial charge in [0.2, 0.25) is 0 Å². The highest BCUT2D eigenvalue weighted by Gasteiger charge is 2.24. The van der Waals surface area contributed by atoms with E-state index in [2.05, 4.69) is 39.8 Å². The van der Waals surface area contributed by atoms with Crippen LogP contribution in [0.5, 0.6) is 0 Å². The molecular weight excluding hydrogens is 254 g/mol. The molecule has 1 saturated heterocycles. The monoisotopic (exact) mass is 277 g/mol. The summed E-state index contributed by atoms with van der Waals surface area (Å²) in [5.74, 6) is 0. The maximum absolute atomic E-state index is 11.6. The quantitative estimate of drug-likeness (QED) is 0.777. The molecule has 0 aliphatic carbocycles. The van der Waals surface area contributed by atoms with E-state index >= 15 is 0 Å². The van der Waals surface area contributed by atoms with Crippen LogP contribution in [0.15, 0.2) is 30.3 Å². The van der Waals surface area contributed by atoms with Crippen LogP contribution >= 0.6 is 0 Å². The number of hydrogen-bond acceptors (Lipinski definition) is 3. The van der Waals surface area contributed by atoms with Crippen molar-refractivity contribution in [1.82, 2.24) is 10.6 Å². The van der Waals surface area contributed by atoms with Crippen LogP contribution in [0.3, 0.4) is 0 Å². The lowest BCUT2D eigenvalue weighted by molar-refractivity contribution is 0.195. The molecule has 5 nitrogen and oxygen atoms in total. The van der Waals surface area contributed by atoms with Gasteiger partial charge in [0, 0.05) is 38.5 Å². The molecule has 0 aromatic heterocycles. The van der Waals surface area contributed by atoms with E-state index in [-0.39, 0.29) is 6.03 Å². The van der Waals surface area contributed by atoms with Crippen molar-refractivity contribution in [3.8, 4) is 0 Å². The number of carbonyl (C=O) groups is 1. The van der Waals surface area contributed by atoms with Gasteiger partial charge in [-0.25, -0.2) is 4.79 Å². The predicted molar refractivity (Wildman–Crippen MR) is 80.1 cm³/mol. The molecule has 0 bridgehead atoms. The van der Waals surface area contributed by atoms with Crippen LogP contribution in [0.25, 0.3) is 0 Å². The summed E-state index contributed by atoms with van der Waals surface area (Å²) in [7, 11) is 1.62. The highest BCUT2D eigenvalue weighted by molar-refractivity contribution is 5.73. The van der Waals surface area contributed by atoms with E-state index in [4.69, 9.17) is 4.74 Å². The van der Waals surface area contributed by atoms with E-state index in [0.29, 0.717) is 25.7 Å². The molecule has 2 N–H and O–H groups in total. The number of para-hydroxylation sites is 1. The number of nitrogens with zero attached hydrogens (tertiary/aromatic N) is 1. The number of hydrogen-bond donors (Lipinski definition) is 2. The van der Waals surface area contributed by atoms with Gasteiger partial charge in [-0.05, 0) is 25.0 Å². The van der Waals surface area contributed by atoms with Gasteiger partial charge >= 0.3 is 6.03 Å². The topological polar surface area (TPSA) is 53.6 Å². The van der Waals surface area contributed by atoms with Crippen LogP contribution in [0.4, 0.5) is 10.5 Å². The van der Waals surface area contributed by atoms with Gasteiger partial charge in [0.05, 0.1) is 6.61 Å². The zero-order valence-electron chi connectivity index (χ0n) is 12.0. The molecule has 1 aromatic carbocycles. The second-order valence-electron chi connectivity index (χ2n) is 4.95. The van der Waals surface area contributed by atoms with Gasteiger partial charge in [-0.1, -0.05) is 18.2 Å². The molecule has 1 aliphatic rings. The second kappa shape index (κ2) is 7.75. The molecule has 1 fully saturated rings. The summed E-state index contributed by atoms with van der Waals surface area (Å²) in [4.78, 5) is 14.0. The summed E-state index contributed by atoms with van der Waals surface area (Å²) in [6.45, 7) is 2.80. The fourth-order valence-corrected chi connectivity index (χ4v) is 2.55. The van der Waals surface area contributed by atoms with Crippen molar-refractivity contribution in [2.24, 2.45) is 0 Å². The molecule has 1 aromatic rings. The molecular formula is C15H23N3O2. The summed E-state index contributed by atoms with van der Waals surface area (Å²) in [6, 6.07) is 10.6. The molecule has 0 saturated carbocycles. The standard InChI is InChI=1S/C15H23N3O2/c1-20-11-9-16-15(19)17-12-14-8-5-10-18(14)13-6-3-2-4-7-13/h2-4,6-7,14H,5,8-12H2,1H3,(H2,16,17,19)/t14-/m0/s1. The number of amides is 2. The Labute approximate surface area is 120 Å². The number of urea groups is 1. The van der Waals surface area contributed by atoms with Crippen molar-refractivity contribution in [1.29, 1.82) is 0 Å². The van der Waals surface area contributed by atoms with Crippen LogP contribution < -0.4 is 15.5 Å². The minimum atomic E-state index is -0.123. The number of methoxy groups -OCH3 is 1. The summed E-state index contributed by atoms with van der Waals surface area (Å²) < 4.78 is 4.89. The minimum absolute atomic E-state index is 0.123. The first-order valence-electron chi connectivity index (χ1n) is 7.13. The van der Waals surface area contributed by atoms with Gasteiger partial charge in [-0.2, -0.15) is 0 Å². The highest BCUT2D eigenvalue weighted by Crippen LogP contribution is 2.24. The third-order valence-corrected chi connectivity index (χ3v) is 3.55. The molecule has 0 spiro atoms. The van der Waals surface area contributed by atoms with E-state index in [9.17, 15) is 4.79 Å². The maximum atomic E-state index is 11.6. The lowest BCUT2D eigenvalue weighted by atomic mass is 10.2. The number of ether oxygens (including phenoxy) is 1. The van der Waals surface area contributed by atoms with Gasteiger partial charge in [0.1, 0.15) is 0 Å². The molecule has 1 atom stereocenters. The van der Waals surface area contributed by atoms with E-state index in [0.717, 1.165) is 13.0 Å². The Bertz CT molecular complexity index is 411. The smallest absolute Gasteiger partial charge is 0.314 e. The molecule has 1 heterocycles. The summed E-state index contributed by atoms with van der Waals surface area (Å²) in [5.41, 5.74) is 1.23. The van der Waals surface area contributed by atoms with Gasteiger partial charge in [0.15, 0.2) is 0 Å². The van der Waals surface area contributed by atoms with E-state index in [1.165, 1.54) is 12.1 Å². The number of nitrogens with one attached hydrogen (secondary N) is 2. The van der Waals surface area contributed by atoms with Gasteiger partial charge < -0.3 is 20.3 Å². The molecule has 20 heavy (non-hydrogen) atoms. The van der Waals surface area contributed by atoms with Crippen LogP contribution in [0.1, 0.15) is 12.8 Å². The average molecular weight is 277 g/mol. The number of benzene rings is 1. The number of anilines is 1. The van der Waals surface area contributed by atoms with Crippen molar-refractivity contribution in [3.05, 3.63) is 30.3 Å². The third kappa shape index (κ3) is 4.13. The van der Waals surface area contributed by atoms with E-state index in [1.54, 1.807) is 7.11 Å². The largest absolute Gasteiger partial charge is 0.383 e. The second-order valence-corrected chi connectivity index (χ2v) is 4.95. The lowest BCUT2D eigenvalue weighted by Gasteiger charge is -2.27. The average Bonchev–Trinajstić information content (AvgIpc) is 2.95.